The summed E-state index contributed by atoms with van der Waals surface area (Å²) in [5.74, 6) is 0. The molecule has 0 atom stereocenters. The van der Waals surface area contributed by atoms with Gasteiger partial charge < -0.3 is 20.2 Å². The van der Waals surface area contributed by atoms with Crippen LogP contribution in [0.2, 0.25) is 0 Å². The van der Waals surface area contributed by atoms with Crippen molar-refractivity contribution in [2.24, 2.45) is 5.73 Å². The van der Waals surface area contributed by atoms with Crippen molar-refractivity contribution in [1.29, 1.82) is 0 Å². The summed E-state index contributed by atoms with van der Waals surface area (Å²) in [5.41, 5.74) is 5.10. The number of oxazole rings is 1. The van der Waals surface area contributed by atoms with Gasteiger partial charge in [0.1, 0.15) is 6.61 Å². The molecule has 1 aromatic carbocycles. The van der Waals surface area contributed by atoms with E-state index in [1.165, 1.54) is 12.1 Å². The van der Waals surface area contributed by atoms with E-state index in [2.05, 4.69) is 15.0 Å². The molecule has 1 aromatic heterocycles. The lowest BCUT2D eigenvalue weighted by molar-refractivity contribution is -0.383. The molecule has 0 radical (unpaired) electrons. The molecule has 0 aliphatic heterocycles. The summed E-state index contributed by atoms with van der Waals surface area (Å²) in [4.78, 5) is 24.5. The maximum absolute atomic E-state index is 10.8. The fraction of sp³-hybridized carbons (Fsp3) is 0.200. The topological polar surface area (TPSA) is 134 Å². The van der Waals surface area contributed by atoms with Gasteiger partial charge in [-0.2, -0.15) is 4.98 Å². The van der Waals surface area contributed by atoms with Crippen LogP contribution in [0.5, 0.6) is 0 Å². The Morgan fingerprint density at radius 3 is 3.05 bits per heavy atom. The summed E-state index contributed by atoms with van der Waals surface area (Å²) in [7, 11) is 0. The van der Waals surface area contributed by atoms with Crippen molar-refractivity contribution in [3.05, 3.63) is 28.3 Å². The zero-order valence-electron chi connectivity index (χ0n) is 9.66. The van der Waals surface area contributed by atoms with Crippen molar-refractivity contribution in [1.82, 2.24) is 4.98 Å². The molecule has 0 spiro atoms. The molecular weight excluding hydrogens is 256 g/mol. The van der Waals surface area contributed by atoms with E-state index < -0.39 is 11.0 Å². The lowest BCUT2D eigenvalue weighted by atomic mass is 10.3. The van der Waals surface area contributed by atoms with E-state index >= 15 is 0 Å². The van der Waals surface area contributed by atoms with E-state index in [1.807, 2.05) is 0 Å². The number of nitro groups is 1. The number of rotatable bonds is 5. The molecule has 0 aliphatic carbocycles. The van der Waals surface area contributed by atoms with Gasteiger partial charge in [-0.05, 0) is 6.07 Å². The number of hydrogen-bond acceptors (Lipinski definition) is 7. The first kappa shape index (κ1) is 12.6. The first-order chi connectivity index (χ1) is 9.08. The zero-order chi connectivity index (χ0) is 13.8. The third-order valence-corrected chi connectivity index (χ3v) is 2.22. The van der Waals surface area contributed by atoms with E-state index in [1.54, 1.807) is 6.07 Å². The van der Waals surface area contributed by atoms with Crippen molar-refractivity contribution in [3.63, 3.8) is 0 Å². The smallest absolute Gasteiger partial charge is 0.404 e. The normalized spacial score (nSPS) is 10.3. The van der Waals surface area contributed by atoms with Gasteiger partial charge in [-0.1, -0.05) is 6.07 Å². The summed E-state index contributed by atoms with van der Waals surface area (Å²) in [6.07, 6.45) is -0.880. The van der Waals surface area contributed by atoms with Crippen LogP contribution in [0.25, 0.3) is 11.1 Å². The number of non-ortho nitro benzene ring substituents is 1. The highest BCUT2D eigenvalue weighted by Gasteiger charge is 2.17. The number of aromatic nitrogens is 1. The van der Waals surface area contributed by atoms with Crippen LogP contribution < -0.4 is 11.1 Å². The lowest BCUT2D eigenvalue weighted by Crippen LogP contribution is -2.18. The van der Waals surface area contributed by atoms with Crippen LogP contribution in [0.3, 0.4) is 0 Å². The quantitative estimate of drug-likeness (QED) is 0.472. The Balaban J connectivity index is 2.11. The van der Waals surface area contributed by atoms with E-state index in [-0.39, 0.29) is 30.4 Å². The van der Waals surface area contributed by atoms with Crippen LogP contribution in [-0.2, 0) is 4.74 Å². The number of nitro benzene ring substituents is 1. The maximum Gasteiger partial charge on any atom is 0.404 e. The van der Waals surface area contributed by atoms with Crippen LogP contribution in [0, 0.1) is 10.1 Å². The second-order valence-electron chi connectivity index (χ2n) is 3.49. The molecule has 19 heavy (non-hydrogen) atoms. The Morgan fingerprint density at radius 1 is 1.58 bits per heavy atom. The number of nitrogens with one attached hydrogen (secondary N) is 1. The number of amides is 1. The molecule has 0 aliphatic rings. The number of fused-ring (bicyclic) bond motifs is 1. The highest BCUT2D eigenvalue weighted by molar-refractivity contribution is 5.83. The van der Waals surface area contributed by atoms with Gasteiger partial charge in [0.15, 0.2) is 11.1 Å². The number of benzene rings is 1. The molecule has 0 saturated carbocycles. The van der Waals surface area contributed by atoms with E-state index in [0.717, 1.165) is 0 Å². The molecule has 9 nitrogen and oxygen atoms in total. The molecule has 9 heteroatoms. The lowest BCUT2D eigenvalue weighted by Gasteiger charge is -2.00. The Morgan fingerprint density at radius 2 is 2.37 bits per heavy atom. The third kappa shape index (κ3) is 2.89. The van der Waals surface area contributed by atoms with Crippen LogP contribution >= 0.6 is 0 Å². The van der Waals surface area contributed by atoms with Crippen molar-refractivity contribution in [2.45, 2.75) is 0 Å². The molecule has 2 aromatic rings. The molecule has 1 heterocycles. The van der Waals surface area contributed by atoms with E-state index in [0.29, 0.717) is 5.58 Å². The molecule has 2 rings (SSSR count). The molecule has 3 N–H and O–H groups in total. The minimum absolute atomic E-state index is 0.0378. The van der Waals surface area contributed by atoms with Crippen molar-refractivity contribution in [3.8, 4) is 0 Å². The van der Waals surface area contributed by atoms with Gasteiger partial charge in [0, 0.05) is 6.07 Å². The van der Waals surface area contributed by atoms with Crippen LogP contribution in [0.1, 0.15) is 0 Å². The highest BCUT2D eigenvalue weighted by Crippen LogP contribution is 2.26. The number of carbonyl (C=O) groups excluding carboxylic acids is 1. The van der Waals surface area contributed by atoms with Gasteiger partial charge in [-0.25, -0.2) is 4.79 Å². The van der Waals surface area contributed by atoms with Crippen LogP contribution in [0.15, 0.2) is 22.6 Å². The van der Waals surface area contributed by atoms with E-state index in [9.17, 15) is 14.9 Å². The number of para-hydroxylation sites is 1. The highest BCUT2D eigenvalue weighted by atomic mass is 16.6. The van der Waals surface area contributed by atoms with Gasteiger partial charge in [-0.15, -0.1) is 0 Å². The van der Waals surface area contributed by atoms with Gasteiger partial charge in [0.25, 0.3) is 11.7 Å². The Bertz CT molecular complexity index is 623. The second-order valence-corrected chi connectivity index (χ2v) is 3.49. The number of hydrogen-bond donors (Lipinski definition) is 2. The van der Waals surface area contributed by atoms with Crippen molar-refractivity contribution >= 4 is 28.9 Å². The number of anilines is 1. The SMILES string of the molecule is NC(=O)OCCNc1nc2c([N+](=O)[O-])cccc2o1. The number of ether oxygens (including phenoxy) is 1. The minimum Gasteiger partial charge on any atom is -0.448 e. The fourth-order valence-electron chi connectivity index (χ4n) is 1.47. The first-order valence-electron chi connectivity index (χ1n) is 5.28. The average molecular weight is 266 g/mol. The minimum atomic E-state index is -0.880. The van der Waals surface area contributed by atoms with Gasteiger partial charge in [-0.3, -0.25) is 10.1 Å². The predicted octanol–water partition coefficient (Wildman–Crippen LogP) is 1.24. The Hall–Kier alpha value is -2.84. The molecule has 0 fully saturated rings. The van der Waals surface area contributed by atoms with Gasteiger partial charge in [0.05, 0.1) is 11.5 Å². The van der Waals surface area contributed by atoms with Crippen molar-refractivity contribution in [2.75, 3.05) is 18.5 Å². The standard InChI is InChI=1S/C10H10N4O5/c11-9(15)18-5-4-12-10-13-8-6(14(16)17)2-1-3-7(8)19-10/h1-3H,4-5H2,(H2,11,15)(H,12,13). The Kier molecular flexibility index (Phi) is 3.46. The molecule has 0 bridgehead atoms. The summed E-state index contributed by atoms with van der Waals surface area (Å²) >= 11 is 0. The summed E-state index contributed by atoms with van der Waals surface area (Å²) < 4.78 is 9.77. The van der Waals surface area contributed by atoms with Crippen molar-refractivity contribution < 1.29 is 18.9 Å². The first-order valence-corrected chi connectivity index (χ1v) is 5.28. The summed E-state index contributed by atoms with van der Waals surface area (Å²) in [6, 6.07) is 4.52. The molecular formula is C10H10N4O5. The Labute approximate surface area is 106 Å². The largest absolute Gasteiger partial charge is 0.448 e. The van der Waals surface area contributed by atoms with Gasteiger partial charge in [0.2, 0.25) is 0 Å². The molecule has 100 valence electrons. The van der Waals surface area contributed by atoms with Crippen LogP contribution in [0.4, 0.5) is 16.5 Å². The number of primary amides is 1. The van der Waals surface area contributed by atoms with Gasteiger partial charge >= 0.3 is 6.09 Å². The maximum atomic E-state index is 10.8. The van der Waals surface area contributed by atoms with Crippen LogP contribution in [-0.4, -0.2) is 29.2 Å². The molecule has 0 unspecified atom stereocenters. The second kappa shape index (κ2) is 5.21. The monoisotopic (exact) mass is 266 g/mol. The summed E-state index contributed by atoms with van der Waals surface area (Å²) in [6.45, 7) is 0.264. The van der Waals surface area contributed by atoms with E-state index in [4.69, 9.17) is 10.2 Å². The molecule has 1 amide bonds. The average Bonchev–Trinajstić information content (AvgIpc) is 2.76. The fourth-order valence-corrected chi connectivity index (χ4v) is 1.47. The molecule has 0 saturated heterocycles. The summed E-state index contributed by atoms with van der Waals surface area (Å²) in [5, 5.41) is 13.5. The zero-order valence-corrected chi connectivity index (χ0v) is 9.66. The third-order valence-electron chi connectivity index (χ3n) is 2.22. The number of nitrogens with two attached hydrogens (primary N) is 1. The number of nitrogens with zero attached hydrogens (tertiary/aromatic N) is 2. The predicted molar refractivity (Wildman–Crippen MR) is 64.7 cm³/mol. The number of carbonyl (C=O) groups is 1.